The van der Waals surface area contributed by atoms with Crippen molar-refractivity contribution in [1.29, 1.82) is 0 Å². The van der Waals surface area contributed by atoms with E-state index in [4.69, 9.17) is 5.73 Å². The van der Waals surface area contributed by atoms with E-state index in [1.807, 2.05) is 0 Å². The van der Waals surface area contributed by atoms with Crippen LogP contribution in [0.2, 0.25) is 0 Å². The lowest BCUT2D eigenvalue weighted by molar-refractivity contribution is -0.132. The highest BCUT2D eigenvalue weighted by molar-refractivity contribution is 7.89. The molecule has 1 heterocycles. The number of nitrogens with one attached hydrogen (secondary N) is 1. The lowest BCUT2D eigenvalue weighted by atomic mass is 10.2. The SMILES string of the molecule is Cc1nn(C)c(C)c1S(=O)(=O)NC(C)C(=O)N(C)C(C)CN.Cl. The van der Waals surface area contributed by atoms with Gasteiger partial charge in [0.25, 0.3) is 0 Å². The van der Waals surface area contributed by atoms with E-state index in [9.17, 15) is 13.2 Å². The number of hydrogen-bond donors (Lipinski definition) is 2. The van der Waals surface area contributed by atoms with Crippen molar-refractivity contribution in [2.24, 2.45) is 12.8 Å². The number of aryl methyl sites for hydroxylation is 2. The maximum Gasteiger partial charge on any atom is 0.244 e. The van der Waals surface area contributed by atoms with Crippen molar-refractivity contribution in [3.63, 3.8) is 0 Å². The fourth-order valence-corrected chi connectivity index (χ4v) is 3.80. The van der Waals surface area contributed by atoms with Crippen LogP contribution in [-0.2, 0) is 21.9 Å². The molecule has 134 valence electrons. The Balaban J connectivity index is 0.00000484. The zero-order valence-corrected chi connectivity index (χ0v) is 16.0. The second kappa shape index (κ2) is 8.09. The first-order valence-corrected chi connectivity index (χ1v) is 8.50. The summed E-state index contributed by atoms with van der Waals surface area (Å²) in [5.74, 6) is -0.333. The van der Waals surface area contributed by atoms with Gasteiger partial charge in [-0.15, -0.1) is 12.4 Å². The summed E-state index contributed by atoms with van der Waals surface area (Å²) in [5.41, 5.74) is 6.45. The van der Waals surface area contributed by atoms with Crippen molar-refractivity contribution in [3.05, 3.63) is 11.4 Å². The molecule has 0 aliphatic rings. The van der Waals surface area contributed by atoms with Gasteiger partial charge < -0.3 is 10.6 Å². The second-order valence-corrected chi connectivity index (χ2v) is 7.15. The zero-order chi connectivity index (χ0) is 17.2. The van der Waals surface area contributed by atoms with Gasteiger partial charge in [0.05, 0.1) is 17.4 Å². The van der Waals surface area contributed by atoms with Crippen molar-refractivity contribution >= 4 is 28.3 Å². The Labute approximate surface area is 143 Å². The summed E-state index contributed by atoms with van der Waals surface area (Å²) >= 11 is 0. The zero-order valence-electron chi connectivity index (χ0n) is 14.3. The Kier molecular flexibility index (Phi) is 7.68. The van der Waals surface area contributed by atoms with Gasteiger partial charge in [0.2, 0.25) is 15.9 Å². The van der Waals surface area contributed by atoms with E-state index in [-0.39, 0.29) is 29.3 Å². The number of sulfonamides is 1. The van der Waals surface area contributed by atoms with E-state index >= 15 is 0 Å². The van der Waals surface area contributed by atoms with Gasteiger partial charge >= 0.3 is 0 Å². The molecule has 1 aromatic rings. The maximum atomic E-state index is 12.5. The minimum atomic E-state index is -3.82. The van der Waals surface area contributed by atoms with Gasteiger partial charge in [-0.2, -0.15) is 9.82 Å². The summed E-state index contributed by atoms with van der Waals surface area (Å²) in [5, 5.41) is 4.09. The summed E-state index contributed by atoms with van der Waals surface area (Å²) in [6, 6.07) is -1.05. The van der Waals surface area contributed by atoms with Gasteiger partial charge in [-0.1, -0.05) is 0 Å². The molecule has 0 fully saturated rings. The number of carbonyl (C=O) groups is 1. The summed E-state index contributed by atoms with van der Waals surface area (Å²) in [4.78, 5) is 13.8. The van der Waals surface area contributed by atoms with Crippen LogP contribution in [0.1, 0.15) is 25.2 Å². The number of carbonyl (C=O) groups excluding carboxylic acids is 1. The van der Waals surface area contributed by atoms with Gasteiger partial charge in [0.15, 0.2) is 0 Å². The number of rotatable bonds is 6. The first-order chi connectivity index (χ1) is 10.0. The molecule has 0 saturated heterocycles. The van der Waals surface area contributed by atoms with Crippen molar-refractivity contribution in [2.75, 3.05) is 13.6 Å². The van der Waals surface area contributed by atoms with E-state index < -0.39 is 16.1 Å². The quantitative estimate of drug-likeness (QED) is 0.731. The van der Waals surface area contributed by atoms with E-state index in [1.165, 1.54) is 16.5 Å². The number of nitrogens with two attached hydrogens (primary N) is 1. The van der Waals surface area contributed by atoms with Crippen LogP contribution in [0.15, 0.2) is 4.90 Å². The van der Waals surface area contributed by atoms with E-state index in [2.05, 4.69) is 9.82 Å². The first kappa shape index (κ1) is 21.8. The fraction of sp³-hybridized carbons (Fsp3) is 0.692. The molecule has 0 saturated carbocycles. The Morgan fingerprint density at radius 2 is 1.91 bits per heavy atom. The molecule has 2 atom stereocenters. The average molecular weight is 368 g/mol. The van der Waals surface area contributed by atoms with Crippen LogP contribution < -0.4 is 10.5 Å². The highest BCUT2D eigenvalue weighted by atomic mass is 35.5. The summed E-state index contributed by atoms with van der Waals surface area (Å²) in [6.07, 6.45) is 0. The molecule has 0 aliphatic heterocycles. The number of nitrogens with zero attached hydrogens (tertiary/aromatic N) is 3. The van der Waals surface area contributed by atoms with Crippen LogP contribution in [0.25, 0.3) is 0 Å². The molecular weight excluding hydrogens is 342 g/mol. The van der Waals surface area contributed by atoms with Crippen molar-refractivity contribution in [3.8, 4) is 0 Å². The highest BCUT2D eigenvalue weighted by Gasteiger charge is 2.29. The first-order valence-electron chi connectivity index (χ1n) is 7.02. The second-order valence-electron chi connectivity index (χ2n) is 5.50. The molecule has 8 nitrogen and oxygen atoms in total. The van der Waals surface area contributed by atoms with Crippen LogP contribution in [-0.4, -0.2) is 54.7 Å². The summed E-state index contributed by atoms with van der Waals surface area (Å²) in [6.45, 7) is 6.91. The molecule has 1 aromatic heterocycles. The fourth-order valence-electron chi connectivity index (χ4n) is 2.17. The predicted molar refractivity (Wildman–Crippen MR) is 91.0 cm³/mol. The van der Waals surface area contributed by atoms with Crippen molar-refractivity contribution < 1.29 is 13.2 Å². The van der Waals surface area contributed by atoms with E-state index in [0.717, 1.165) is 0 Å². The third-order valence-corrected chi connectivity index (χ3v) is 5.56. The lowest BCUT2D eigenvalue weighted by Gasteiger charge is -2.27. The van der Waals surface area contributed by atoms with Crippen LogP contribution in [0.3, 0.4) is 0 Å². The Bertz CT molecular complexity index is 659. The minimum absolute atomic E-state index is 0. The molecule has 2 unspecified atom stereocenters. The Hall–Kier alpha value is -1.16. The van der Waals surface area contributed by atoms with E-state index in [0.29, 0.717) is 17.9 Å². The molecule has 0 bridgehead atoms. The molecule has 23 heavy (non-hydrogen) atoms. The summed E-state index contributed by atoms with van der Waals surface area (Å²) in [7, 11) is -0.547. The van der Waals surface area contributed by atoms with Crippen molar-refractivity contribution in [1.82, 2.24) is 19.4 Å². The van der Waals surface area contributed by atoms with Crippen LogP contribution >= 0.6 is 12.4 Å². The molecule has 0 radical (unpaired) electrons. The van der Waals surface area contributed by atoms with Gasteiger partial charge in [0.1, 0.15) is 4.90 Å². The number of aromatic nitrogens is 2. The molecule has 0 aliphatic carbocycles. The number of amides is 1. The summed E-state index contributed by atoms with van der Waals surface area (Å²) < 4.78 is 28.9. The number of likely N-dealkylation sites (N-methyl/N-ethyl adjacent to an activating group) is 1. The standard InChI is InChI=1S/C13H25N5O3S.ClH/c1-8(7-14)17(5)13(19)10(3)16-22(20,21)12-9(2)15-18(6)11(12)4;/h8,10,16H,7,14H2,1-6H3;1H. The van der Waals surface area contributed by atoms with Crippen molar-refractivity contribution in [2.45, 2.75) is 44.7 Å². The molecule has 0 spiro atoms. The van der Waals surface area contributed by atoms with Crippen LogP contribution in [0, 0.1) is 13.8 Å². The minimum Gasteiger partial charge on any atom is -0.340 e. The van der Waals surface area contributed by atoms with Crippen LogP contribution in [0.5, 0.6) is 0 Å². The van der Waals surface area contributed by atoms with Gasteiger partial charge in [-0.25, -0.2) is 8.42 Å². The topological polar surface area (TPSA) is 110 Å². The molecular formula is C13H26ClN5O3S. The molecule has 10 heteroatoms. The predicted octanol–water partition coefficient (Wildman–Crippen LogP) is -0.0689. The van der Waals surface area contributed by atoms with Gasteiger partial charge in [-0.05, 0) is 27.7 Å². The molecule has 1 rings (SSSR count). The molecule has 1 amide bonds. The largest absolute Gasteiger partial charge is 0.340 e. The monoisotopic (exact) mass is 367 g/mol. The van der Waals surface area contributed by atoms with E-state index in [1.54, 1.807) is 34.9 Å². The normalized spacial score (nSPS) is 14.0. The molecule has 3 N–H and O–H groups in total. The number of halogens is 1. The smallest absolute Gasteiger partial charge is 0.244 e. The average Bonchev–Trinajstić information content (AvgIpc) is 2.69. The Morgan fingerprint density at radius 1 is 1.39 bits per heavy atom. The van der Waals surface area contributed by atoms with Crippen LogP contribution in [0.4, 0.5) is 0 Å². The van der Waals surface area contributed by atoms with Gasteiger partial charge in [0, 0.05) is 26.7 Å². The number of hydrogen-bond acceptors (Lipinski definition) is 5. The van der Waals surface area contributed by atoms with Gasteiger partial charge in [-0.3, -0.25) is 9.48 Å². The third-order valence-electron chi connectivity index (χ3n) is 3.76. The highest BCUT2D eigenvalue weighted by Crippen LogP contribution is 2.18. The molecule has 0 aromatic carbocycles. The third kappa shape index (κ3) is 4.66. The maximum absolute atomic E-state index is 12.5. The Morgan fingerprint density at radius 3 is 2.30 bits per heavy atom. The lowest BCUT2D eigenvalue weighted by Crippen LogP contribution is -2.49.